The van der Waals surface area contributed by atoms with E-state index in [1.54, 1.807) is 12.4 Å². The Bertz CT molecular complexity index is 1130. The van der Waals surface area contributed by atoms with Gasteiger partial charge in [0.25, 0.3) is 5.91 Å². The SMILES string of the molecule is C=NC(=O)CNC(=O)[C@H](CCCCN(CCC)CCC)NC(=O)C(NC(=O)CCCC#Cc1cnc(C2CC2)nc1)C(C)C. The summed E-state index contributed by atoms with van der Waals surface area (Å²) < 4.78 is 0. The van der Waals surface area contributed by atoms with Crippen LogP contribution in [-0.4, -0.2) is 83.5 Å². The Balaban J connectivity index is 1.89. The molecule has 44 heavy (non-hydrogen) atoms. The van der Waals surface area contributed by atoms with Gasteiger partial charge >= 0.3 is 0 Å². The van der Waals surface area contributed by atoms with Crippen LogP contribution in [0.1, 0.15) is 109 Å². The van der Waals surface area contributed by atoms with Crippen molar-refractivity contribution in [1.29, 1.82) is 0 Å². The number of rotatable bonds is 20. The number of carbonyl (C=O) groups excluding carboxylic acids is 4. The molecule has 3 N–H and O–H groups in total. The number of amides is 4. The molecule has 1 aliphatic rings. The second-order valence-corrected chi connectivity index (χ2v) is 11.7. The fraction of sp³-hybridized carbons (Fsp3) is 0.667. The predicted octanol–water partition coefficient (Wildman–Crippen LogP) is 3.14. The van der Waals surface area contributed by atoms with Gasteiger partial charge in [0, 0.05) is 31.2 Å². The maximum absolute atomic E-state index is 13.3. The number of unbranched alkanes of at least 4 members (excludes halogenated alkanes) is 2. The number of nitrogens with one attached hydrogen (secondary N) is 3. The van der Waals surface area contributed by atoms with E-state index in [1.165, 1.54) is 0 Å². The molecule has 4 amide bonds. The summed E-state index contributed by atoms with van der Waals surface area (Å²) in [6, 6.07) is -1.66. The van der Waals surface area contributed by atoms with Gasteiger partial charge < -0.3 is 20.9 Å². The molecule has 1 aromatic heterocycles. The zero-order valence-corrected chi connectivity index (χ0v) is 27.0. The third-order valence-electron chi connectivity index (χ3n) is 7.34. The van der Waals surface area contributed by atoms with Crippen molar-refractivity contribution in [2.75, 3.05) is 26.2 Å². The van der Waals surface area contributed by atoms with Crippen molar-refractivity contribution < 1.29 is 19.2 Å². The number of carbonyl (C=O) groups is 4. The maximum Gasteiger partial charge on any atom is 0.264 e. The van der Waals surface area contributed by atoms with Gasteiger partial charge in [-0.3, -0.25) is 19.2 Å². The van der Waals surface area contributed by atoms with E-state index in [-0.39, 0.29) is 24.8 Å². The minimum atomic E-state index is -0.846. The van der Waals surface area contributed by atoms with Gasteiger partial charge in [-0.25, -0.2) is 15.0 Å². The van der Waals surface area contributed by atoms with Crippen LogP contribution in [-0.2, 0) is 19.2 Å². The van der Waals surface area contributed by atoms with Crippen molar-refractivity contribution >= 4 is 30.3 Å². The molecule has 1 heterocycles. The van der Waals surface area contributed by atoms with Crippen LogP contribution in [0.15, 0.2) is 17.4 Å². The van der Waals surface area contributed by atoms with Crippen LogP contribution in [0.2, 0.25) is 0 Å². The lowest BCUT2D eigenvalue weighted by Gasteiger charge is -2.26. The second kappa shape index (κ2) is 20.3. The Morgan fingerprint density at radius 2 is 1.68 bits per heavy atom. The van der Waals surface area contributed by atoms with E-state index in [4.69, 9.17) is 0 Å². The largest absolute Gasteiger partial charge is 0.345 e. The lowest BCUT2D eigenvalue weighted by atomic mass is 10.0. The molecule has 0 bridgehead atoms. The van der Waals surface area contributed by atoms with E-state index in [0.717, 1.165) is 63.1 Å². The summed E-state index contributed by atoms with van der Waals surface area (Å²) in [5.74, 6) is 5.55. The van der Waals surface area contributed by atoms with E-state index in [2.05, 4.69) is 68.2 Å². The van der Waals surface area contributed by atoms with E-state index in [9.17, 15) is 19.2 Å². The first-order valence-corrected chi connectivity index (χ1v) is 16.1. The van der Waals surface area contributed by atoms with E-state index in [0.29, 0.717) is 31.6 Å². The zero-order valence-electron chi connectivity index (χ0n) is 27.0. The monoisotopic (exact) mass is 609 g/mol. The first-order valence-electron chi connectivity index (χ1n) is 16.1. The van der Waals surface area contributed by atoms with Crippen molar-refractivity contribution in [3.63, 3.8) is 0 Å². The lowest BCUT2D eigenvalue weighted by Crippen LogP contribution is -2.55. The van der Waals surface area contributed by atoms with Gasteiger partial charge in [0.05, 0.1) is 12.1 Å². The fourth-order valence-corrected chi connectivity index (χ4v) is 4.76. The predicted molar refractivity (Wildman–Crippen MR) is 172 cm³/mol. The molecular formula is C33H51N7O4. The number of nitrogens with zero attached hydrogens (tertiary/aromatic N) is 4. The van der Waals surface area contributed by atoms with Crippen LogP contribution in [0, 0.1) is 17.8 Å². The van der Waals surface area contributed by atoms with Gasteiger partial charge in [-0.05, 0) is 83.6 Å². The molecule has 0 aromatic carbocycles. The van der Waals surface area contributed by atoms with Gasteiger partial charge in [-0.1, -0.05) is 39.5 Å². The van der Waals surface area contributed by atoms with Crippen molar-refractivity contribution in [1.82, 2.24) is 30.8 Å². The molecule has 0 aliphatic heterocycles. The van der Waals surface area contributed by atoms with Gasteiger partial charge in [-0.2, -0.15) is 0 Å². The van der Waals surface area contributed by atoms with Crippen LogP contribution in [0.3, 0.4) is 0 Å². The van der Waals surface area contributed by atoms with Crippen molar-refractivity contribution in [3.8, 4) is 11.8 Å². The Morgan fingerprint density at radius 1 is 1.00 bits per heavy atom. The fourth-order valence-electron chi connectivity index (χ4n) is 4.76. The summed E-state index contributed by atoms with van der Waals surface area (Å²) in [6.07, 6.45) is 11.2. The molecule has 242 valence electrons. The average molecular weight is 610 g/mol. The summed E-state index contributed by atoms with van der Waals surface area (Å²) in [4.78, 5) is 65.0. The Morgan fingerprint density at radius 3 is 2.27 bits per heavy atom. The summed E-state index contributed by atoms with van der Waals surface area (Å²) in [7, 11) is 0. The molecule has 11 heteroatoms. The minimum absolute atomic E-state index is 0.204. The van der Waals surface area contributed by atoms with Crippen LogP contribution in [0.25, 0.3) is 0 Å². The van der Waals surface area contributed by atoms with Crippen LogP contribution in [0.5, 0.6) is 0 Å². The highest BCUT2D eigenvalue weighted by molar-refractivity contribution is 5.93. The summed E-state index contributed by atoms with van der Waals surface area (Å²) in [5, 5.41) is 8.19. The highest BCUT2D eigenvalue weighted by atomic mass is 16.2. The zero-order chi connectivity index (χ0) is 32.3. The number of hydrogen-bond donors (Lipinski definition) is 3. The minimum Gasteiger partial charge on any atom is -0.345 e. The molecule has 0 saturated heterocycles. The van der Waals surface area contributed by atoms with Crippen LogP contribution in [0.4, 0.5) is 0 Å². The number of hydrogen-bond acceptors (Lipinski definition) is 7. The normalized spacial score (nSPS) is 13.9. The molecule has 0 spiro atoms. The quantitative estimate of drug-likeness (QED) is 0.117. The van der Waals surface area contributed by atoms with Gasteiger partial charge in [0.15, 0.2) is 0 Å². The third kappa shape index (κ3) is 14.2. The molecule has 1 unspecified atom stereocenters. The number of aromatic nitrogens is 2. The average Bonchev–Trinajstić information content (AvgIpc) is 3.86. The van der Waals surface area contributed by atoms with E-state index in [1.807, 2.05) is 13.8 Å². The molecule has 1 fully saturated rings. The molecule has 0 radical (unpaired) electrons. The highest BCUT2D eigenvalue weighted by Gasteiger charge is 2.29. The van der Waals surface area contributed by atoms with Crippen LogP contribution >= 0.6 is 0 Å². The molecule has 2 rings (SSSR count). The standard InChI is InChI=1S/C33H51N7O4/c1-6-18-40(19-7-2)20-12-11-14-27(32(43)37-23-29(42)34-5)38-33(44)30(24(3)4)39-28(41)15-10-8-9-13-25-21-35-31(36-22-25)26-16-17-26/h21-22,24,26-27,30H,5-8,10-12,14-20,23H2,1-4H3,(H,37,43)(H,38,44)(H,39,41)/t27-,30?/m0/s1. The van der Waals surface area contributed by atoms with Crippen molar-refractivity contribution in [2.24, 2.45) is 10.9 Å². The smallest absolute Gasteiger partial charge is 0.264 e. The lowest BCUT2D eigenvalue weighted by molar-refractivity contribution is -0.133. The maximum atomic E-state index is 13.3. The number of aliphatic imine (C=N–C) groups is 1. The Kier molecular flexibility index (Phi) is 16.9. The summed E-state index contributed by atoms with van der Waals surface area (Å²) in [5.41, 5.74) is 0.748. The summed E-state index contributed by atoms with van der Waals surface area (Å²) >= 11 is 0. The third-order valence-corrected chi connectivity index (χ3v) is 7.34. The molecular weight excluding hydrogens is 558 g/mol. The Hall–Kier alpha value is -3.65. The first-order chi connectivity index (χ1) is 21.2. The van der Waals surface area contributed by atoms with Gasteiger partial charge in [0.1, 0.15) is 17.9 Å². The summed E-state index contributed by atoms with van der Waals surface area (Å²) in [6.45, 7) is 13.8. The molecule has 1 saturated carbocycles. The first kappa shape index (κ1) is 36.5. The van der Waals surface area contributed by atoms with E-state index < -0.39 is 29.8 Å². The van der Waals surface area contributed by atoms with Gasteiger partial charge in [-0.15, -0.1) is 0 Å². The Labute approximate surface area is 262 Å². The molecule has 11 nitrogen and oxygen atoms in total. The second-order valence-electron chi connectivity index (χ2n) is 11.7. The van der Waals surface area contributed by atoms with Crippen LogP contribution < -0.4 is 16.0 Å². The van der Waals surface area contributed by atoms with Crippen molar-refractivity contribution in [2.45, 2.75) is 110 Å². The van der Waals surface area contributed by atoms with Gasteiger partial charge in [0.2, 0.25) is 17.7 Å². The highest BCUT2D eigenvalue weighted by Crippen LogP contribution is 2.37. The van der Waals surface area contributed by atoms with E-state index >= 15 is 0 Å². The molecule has 1 aromatic rings. The topological polar surface area (TPSA) is 146 Å². The molecule has 2 atom stereocenters. The van der Waals surface area contributed by atoms with Crippen molar-refractivity contribution in [3.05, 3.63) is 23.8 Å². The molecule has 1 aliphatic carbocycles.